The molecule has 0 aromatic heterocycles. The fourth-order valence-corrected chi connectivity index (χ4v) is 4.57. The highest BCUT2D eigenvalue weighted by atomic mass is 16.7. The molecule has 1 aliphatic carbocycles. The fourth-order valence-electron chi connectivity index (χ4n) is 4.57. The van der Waals surface area contributed by atoms with Crippen molar-refractivity contribution in [1.82, 2.24) is 5.32 Å². The Kier molecular flexibility index (Phi) is 6.41. The largest absolute Gasteiger partial charge is 0.454 e. The lowest BCUT2D eigenvalue weighted by Crippen LogP contribution is -2.36. The van der Waals surface area contributed by atoms with E-state index in [9.17, 15) is 14.7 Å². The van der Waals surface area contributed by atoms with Crippen LogP contribution in [0.4, 0.5) is 5.69 Å². The minimum atomic E-state index is -0.550. The van der Waals surface area contributed by atoms with Crippen molar-refractivity contribution in [2.75, 3.05) is 18.7 Å². The Morgan fingerprint density at radius 2 is 1.78 bits per heavy atom. The molecule has 1 fully saturated rings. The second kappa shape index (κ2) is 9.66. The average molecular weight is 491 g/mol. The van der Waals surface area contributed by atoms with Crippen molar-refractivity contribution in [3.8, 4) is 22.6 Å². The van der Waals surface area contributed by atoms with E-state index in [-0.39, 0.29) is 34.1 Å². The molecule has 0 unspecified atom stereocenters. The molecule has 1 heterocycles. The highest BCUT2D eigenvalue weighted by molar-refractivity contribution is 6.02. The number of benzene rings is 3. The lowest BCUT2D eigenvalue weighted by atomic mass is 9.94. The van der Waals surface area contributed by atoms with Crippen LogP contribution in [0.1, 0.15) is 50.5 Å². The molecule has 5 rings (SSSR count). The monoisotopic (exact) mass is 490 g/mol. The number of carbonyl (C=O) groups excluding carboxylic acids is 2. The summed E-state index contributed by atoms with van der Waals surface area (Å²) in [6.45, 7) is 4.05. The van der Waals surface area contributed by atoms with E-state index in [0.717, 1.165) is 40.8 Å². The Labute approximate surface area is 213 Å². The number of amides is 2. The van der Waals surface area contributed by atoms with Crippen LogP contribution in [0.25, 0.3) is 11.1 Å². The Morgan fingerprint density at radius 3 is 2.47 bits per heavy atom. The number of aryl methyl sites for hydroxylation is 1. The summed E-state index contributed by atoms with van der Waals surface area (Å²) in [5, 5.41) is 15.3. The molecule has 2 aliphatic rings. The van der Waals surface area contributed by atoms with Crippen LogP contribution in [0, 0.1) is 6.92 Å². The van der Waals surface area contributed by atoms with Gasteiger partial charge in [0.2, 0.25) is 12.7 Å². The maximum atomic E-state index is 13.3. The van der Waals surface area contributed by atoms with Crippen molar-refractivity contribution < 1.29 is 27.0 Å². The lowest BCUT2D eigenvalue weighted by Gasteiger charge is -2.17. The fraction of sp³-hybridized carbons (Fsp3) is 0.310. The van der Waals surface area contributed by atoms with Gasteiger partial charge in [0.1, 0.15) is 0 Å². The number of rotatable bonds is 8. The zero-order valence-electron chi connectivity index (χ0n) is 20.5. The Morgan fingerprint density at radius 1 is 1.03 bits per heavy atom. The van der Waals surface area contributed by atoms with Gasteiger partial charge in [0.25, 0.3) is 5.91 Å². The van der Waals surface area contributed by atoms with Crippen molar-refractivity contribution in [2.45, 2.75) is 44.6 Å². The molecular weight excluding hydrogens is 456 g/mol. The number of aliphatic hydroxyl groups is 1. The van der Waals surface area contributed by atoms with E-state index in [1.54, 1.807) is 12.1 Å². The van der Waals surface area contributed by atoms with Crippen molar-refractivity contribution in [1.29, 1.82) is 0 Å². The van der Waals surface area contributed by atoms with Gasteiger partial charge in [-0.15, -0.1) is 0 Å². The van der Waals surface area contributed by atoms with Crippen LogP contribution in [0.15, 0.2) is 60.7 Å². The molecule has 7 nitrogen and oxygen atoms in total. The smallest absolute Gasteiger partial charge is 0.251 e. The molecule has 3 N–H and O–H groups in total. The topological polar surface area (TPSA) is 96.9 Å². The molecule has 0 bridgehead atoms. The van der Waals surface area contributed by atoms with Crippen LogP contribution in [0.5, 0.6) is 11.5 Å². The number of fused-ring (bicyclic) bond motifs is 1. The standard InChI is InChI=1S/C29H30N2O5.2H2/c1-3-22(16-32)30-27(33)20-7-5-19(6-8-20)24-15-23(10-4-18(24)2)31-28(34)29(12-13-29)21-9-11-25-26(14-21)36-17-35-25;;/h4-11,14-15,22,32H,3,12-13,16-17H2,1-2H3,(H,30,33)(H,31,34);2*1H/t22-;;/m0../s1. The zero-order valence-corrected chi connectivity index (χ0v) is 20.5. The molecule has 1 atom stereocenters. The van der Waals surface area contributed by atoms with E-state index in [4.69, 9.17) is 9.47 Å². The third-order valence-electron chi connectivity index (χ3n) is 7.11. The third-order valence-corrected chi connectivity index (χ3v) is 7.11. The first-order valence-electron chi connectivity index (χ1n) is 12.3. The maximum Gasteiger partial charge on any atom is 0.251 e. The minimum Gasteiger partial charge on any atom is -0.454 e. The summed E-state index contributed by atoms with van der Waals surface area (Å²) in [5.41, 5.74) is 4.65. The number of anilines is 1. The lowest BCUT2D eigenvalue weighted by molar-refractivity contribution is -0.118. The molecule has 7 heteroatoms. The maximum absolute atomic E-state index is 13.3. The second-order valence-electron chi connectivity index (χ2n) is 9.47. The Hall–Kier alpha value is -3.84. The first-order valence-corrected chi connectivity index (χ1v) is 12.3. The van der Waals surface area contributed by atoms with Gasteiger partial charge in [-0.25, -0.2) is 0 Å². The van der Waals surface area contributed by atoms with Crippen LogP contribution in [0.3, 0.4) is 0 Å². The summed E-state index contributed by atoms with van der Waals surface area (Å²) in [7, 11) is 0. The van der Waals surface area contributed by atoms with E-state index in [1.807, 2.05) is 62.4 Å². The summed E-state index contributed by atoms with van der Waals surface area (Å²) in [6, 6.07) is 18.7. The number of hydrogen-bond acceptors (Lipinski definition) is 5. The van der Waals surface area contributed by atoms with E-state index >= 15 is 0 Å². The Bertz CT molecular complexity index is 1300. The zero-order chi connectivity index (χ0) is 25.3. The van der Waals surface area contributed by atoms with Gasteiger partial charge < -0.3 is 25.2 Å². The second-order valence-corrected chi connectivity index (χ2v) is 9.47. The molecule has 3 aromatic rings. The van der Waals surface area contributed by atoms with Crippen LogP contribution in [-0.4, -0.2) is 36.4 Å². The van der Waals surface area contributed by atoms with Crippen LogP contribution in [0.2, 0.25) is 0 Å². The number of hydrogen-bond donors (Lipinski definition) is 3. The van der Waals surface area contributed by atoms with Gasteiger partial charge >= 0.3 is 0 Å². The molecule has 0 spiro atoms. The van der Waals surface area contributed by atoms with E-state index in [0.29, 0.717) is 23.5 Å². The van der Waals surface area contributed by atoms with Crippen LogP contribution < -0.4 is 20.1 Å². The summed E-state index contributed by atoms with van der Waals surface area (Å²) < 4.78 is 10.9. The van der Waals surface area contributed by atoms with Crippen LogP contribution in [-0.2, 0) is 10.2 Å². The summed E-state index contributed by atoms with van der Waals surface area (Å²) in [4.78, 5) is 25.8. The third kappa shape index (κ3) is 4.54. The molecule has 190 valence electrons. The number of nitrogens with one attached hydrogen (secondary N) is 2. The summed E-state index contributed by atoms with van der Waals surface area (Å²) in [5.74, 6) is 1.15. The van der Waals surface area contributed by atoms with Gasteiger partial charge in [-0.1, -0.05) is 31.2 Å². The van der Waals surface area contributed by atoms with E-state index in [1.165, 1.54) is 0 Å². The molecule has 3 aromatic carbocycles. The quantitative estimate of drug-likeness (QED) is 0.410. The first-order chi connectivity index (χ1) is 17.4. The number of carbonyl (C=O) groups is 2. The predicted molar refractivity (Wildman–Crippen MR) is 142 cm³/mol. The molecule has 2 amide bonds. The van der Waals surface area contributed by atoms with Gasteiger partial charge in [0.05, 0.1) is 18.1 Å². The van der Waals surface area contributed by atoms with E-state index < -0.39 is 5.41 Å². The van der Waals surface area contributed by atoms with Crippen molar-refractivity contribution >= 4 is 17.5 Å². The highest BCUT2D eigenvalue weighted by Crippen LogP contribution is 2.51. The van der Waals surface area contributed by atoms with Gasteiger partial charge in [0, 0.05) is 14.1 Å². The Balaban J connectivity index is 0.00000200. The normalized spacial score (nSPS) is 15.8. The summed E-state index contributed by atoms with van der Waals surface area (Å²) in [6.07, 6.45) is 2.24. The van der Waals surface area contributed by atoms with Crippen molar-refractivity contribution in [2.24, 2.45) is 0 Å². The molecule has 0 saturated heterocycles. The molecular formula is C29H34N2O5. The van der Waals surface area contributed by atoms with Gasteiger partial charge in [-0.2, -0.15) is 0 Å². The summed E-state index contributed by atoms with van der Waals surface area (Å²) >= 11 is 0. The van der Waals surface area contributed by atoms with Gasteiger partial charge in [0.15, 0.2) is 11.5 Å². The minimum absolute atomic E-state index is 0. The number of aliphatic hydroxyl groups excluding tert-OH is 1. The average Bonchev–Trinajstić information content (AvgIpc) is 3.59. The molecule has 1 saturated carbocycles. The predicted octanol–water partition coefficient (Wildman–Crippen LogP) is 5.05. The number of ether oxygens (including phenoxy) is 2. The highest BCUT2D eigenvalue weighted by Gasteiger charge is 2.51. The van der Waals surface area contributed by atoms with Gasteiger partial charge in [-0.05, 0) is 84.8 Å². The van der Waals surface area contributed by atoms with Crippen molar-refractivity contribution in [3.63, 3.8) is 0 Å². The van der Waals surface area contributed by atoms with Crippen LogP contribution >= 0.6 is 0 Å². The van der Waals surface area contributed by atoms with Gasteiger partial charge in [-0.3, -0.25) is 9.59 Å². The molecule has 0 radical (unpaired) electrons. The first kappa shape index (κ1) is 23.9. The van der Waals surface area contributed by atoms with E-state index in [2.05, 4.69) is 10.6 Å². The molecule has 1 aliphatic heterocycles. The van der Waals surface area contributed by atoms with Crippen molar-refractivity contribution in [3.05, 3.63) is 77.4 Å². The molecule has 36 heavy (non-hydrogen) atoms. The SMILES string of the molecule is CC[C@@H](CO)NC(=O)c1ccc(-c2cc(NC(=O)C3(c4ccc5c(c4)OCO5)CC3)ccc2C)cc1.[HH].[HH].